The molecule has 2 aromatic rings. The first-order valence-electron chi connectivity index (χ1n) is 10.8. The molecule has 0 radical (unpaired) electrons. The van der Waals surface area contributed by atoms with Crippen LogP contribution in [0.25, 0.3) is 11.1 Å². The van der Waals surface area contributed by atoms with Crippen molar-refractivity contribution in [2.24, 2.45) is 0 Å². The number of allylic oxidation sites excluding steroid dienone is 3. The van der Waals surface area contributed by atoms with Crippen LogP contribution >= 0.6 is 0 Å². The molecule has 0 saturated carbocycles. The summed E-state index contributed by atoms with van der Waals surface area (Å²) >= 11 is 0. The summed E-state index contributed by atoms with van der Waals surface area (Å²) in [5.74, 6) is -1.28. The quantitative estimate of drug-likeness (QED) is 0.225. The molecule has 0 N–H and O–H groups in total. The van der Waals surface area contributed by atoms with E-state index in [0.717, 1.165) is 18.4 Å². The molecule has 0 spiro atoms. The Balaban J connectivity index is 1.75. The number of hydrogen-bond acceptors (Lipinski definition) is 3. The van der Waals surface area contributed by atoms with E-state index in [9.17, 15) is 9.18 Å². The maximum atomic E-state index is 14.6. The monoisotopic (exact) mass is 424 g/mol. The largest absolute Gasteiger partial charge is 0.463 e. The van der Waals surface area contributed by atoms with Crippen LogP contribution in [-0.2, 0) is 14.3 Å². The highest BCUT2D eigenvalue weighted by atomic mass is 19.1. The number of hydrogen-bond donors (Lipinski definition) is 0. The van der Waals surface area contributed by atoms with Crippen molar-refractivity contribution in [3.63, 3.8) is 0 Å². The lowest BCUT2D eigenvalue weighted by Gasteiger charge is -2.13. The number of carbonyl (C=O) groups is 1. The van der Waals surface area contributed by atoms with Crippen molar-refractivity contribution >= 4 is 5.97 Å². The van der Waals surface area contributed by atoms with Crippen LogP contribution in [0.2, 0.25) is 0 Å². The summed E-state index contributed by atoms with van der Waals surface area (Å²) in [4.78, 5) is 12.3. The third-order valence-electron chi connectivity index (χ3n) is 5.04. The average molecular weight is 425 g/mol. The summed E-state index contributed by atoms with van der Waals surface area (Å²) in [6.45, 7) is 9.02. The third kappa shape index (κ3) is 8.50. The number of rotatable bonds is 11. The van der Waals surface area contributed by atoms with Gasteiger partial charge in [0, 0.05) is 5.56 Å². The Hall–Kier alpha value is -2.72. The summed E-state index contributed by atoms with van der Waals surface area (Å²) < 4.78 is 25.4. The molecular weight excluding hydrogens is 391 g/mol. The molecule has 0 aromatic heterocycles. The number of halogens is 1. The van der Waals surface area contributed by atoms with Gasteiger partial charge >= 0.3 is 5.97 Å². The van der Waals surface area contributed by atoms with Crippen molar-refractivity contribution in [1.29, 1.82) is 0 Å². The zero-order chi connectivity index (χ0) is 22.6. The van der Waals surface area contributed by atoms with E-state index in [4.69, 9.17) is 9.47 Å². The number of esters is 1. The fourth-order valence-electron chi connectivity index (χ4n) is 3.09. The second-order valence-corrected chi connectivity index (χ2v) is 7.94. The maximum absolute atomic E-state index is 14.6. The van der Waals surface area contributed by atoms with Crippen LogP contribution in [0, 0.1) is 5.82 Å². The zero-order valence-electron chi connectivity index (χ0n) is 19.0. The molecule has 0 saturated heterocycles. The first-order valence-corrected chi connectivity index (χ1v) is 10.8. The molecule has 3 nitrogen and oxygen atoms in total. The van der Waals surface area contributed by atoms with Gasteiger partial charge in [-0.05, 0) is 57.7 Å². The molecule has 4 heteroatoms. The van der Waals surface area contributed by atoms with Gasteiger partial charge in [-0.3, -0.25) is 4.79 Å². The molecule has 166 valence electrons. The van der Waals surface area contributed by atoms with E-state index in [1.807, 2.05) is 30.3 Å². The van der Waals surface area contributed by atoms with Gasteiger partial charge in [0.15, 0.2) is 0 Å². The van der Waals surface area contributed by atoms with Crippen LogP contribution in [0.15, 0.2) is 71.8 Å². The van der Waals surface area contributed by atoms with Crippen molar-refractivity contribution in [1.82, 2.24) is 0 Å². The number of benzene rings is 2. The Morgan fingerprint density at radius 3 is 2.45 bits per heavy atom. The highest BCUT2D eigenvalue weighted by Crippen LogP contribution is 2.26. The van der Waals surface area contributed by atoms with Gasteiger partial charge in [0.05, 0.1) is 19.1 Å². The lowest BCUT2D eigenvalue weighted by Crippen LogP contribution is -2.16. The standard InChI is InChI=1S/C27H33FO3/c1-20(2)9-8-10-21(3)15-16-30-17-18-31-27(29)22(4)24-13-14-25(26(28)19-24)23-11-6-5-7-12-23/h5-7,9,11-15,19,22H,8,10,16-18H2,1-4H3. The summed E-state index contributed by atoms with van der Waals surface area (Å²) in [5, 5.41) is 0. The fourth-order valence-corrected chi connectivity index (χ4v) is 3.09. The molecule has 2 rings (SSSR count). The van der Waals surface area contributed by atoms with E-state index in [0.29, 0.717) is 24.3 Å². The molecule has 0 amide bonds. The molecule has 31 heavy (non-hydrogen) atoms. The maximum Gasteiger partial charge on any atom is 0.313 e. The molecule has 0 fully saturated rings. The summed E-state index contributed by atoms with van der Waals surface area (Å²) in [6.07, 6.45) is 6.33. The molecule has 0 aliphatic carbocycles. The average Bonchev–Trinajstić information content (AvgIpc) is 2.75. The minimum Gasteiger partial charge on any atom is -0.463 e. The van der Waals surface area contributed by atoms with Gasteiger partial charge in [-0.2, -0.15) is 0 Å². The van der Waals surface area contributed by atoms with Crippen molar-refractivity contribution in [2.75, 3.05) is 19.8 Å². The normalized spacial score (nSPS) is 12.4. The highest BCUT2D eigenvalue weighted by molar-refractivity contribution is 5.78. The van der Waals surface area contributed by atoms with E-state index >= 15 is 0 Å². The van der Waals surface area contributed by atoms with Crippen molar-refractivity contribution in [3.8, 4) is 11.1 Å². The molecule has 0 aliphatic heterocycles. The SMILES string of the molecule is CC(C)=CCCC(C)=CCOCCOC(=O)C(C)c1ccc(-c2ccccc2)c(F)c1. The van der Waals surface area contributed by atoms with Gasteiger partial charge in [-0.15, -0.1) is 0 Å². The number of ether oxygens (including phenoxy) is 2. The van der Waals surface area contributed by atoms with Gasteiger partial charge in [-0.25, -0.2) is 4.39 Å². The van der Waals surface area contributed by atoms with Crippen LogP contribution in [0.1, 0.15) is 52.0 Å². The van der Waals surface area contributed by atoms with E-state index in [2.05, 4.69) is 32.9 Å². The molecule has 2 aromatic carbocycles. The van der Waals surface area contributed by atoms with E-state index in [1.54, 1.807) is 19.1 Å². The van der Waals surface area contributed by atoms with Crippen molar-refractivity contribution in [3.05, 3.63) is 83.2 Å². The Kier molecular flexibility index (Phi) is 10.2. The predicted octanol–water partition coefficient (Wildman–Crippen LogP) is 6.85. The van der Waals surface area contributed by atoms with Crippen molar-refractivity contribution in [2.45, 2.75) is 46.5 Å². The van der Waals surface area contributed by atoms with Gasteiger partial charge in [0.1, 0.15) is 12.4 Å². The second kappa shape index (κ2) is 12.9. The lowest BCUT2D eigenvalue weighted by molar-refractivity contribution is -0.146. The van der Waals surface area contributed by atoms with Gasteiger partial charge in [0.2, 0.25) is 0 Å². The lowest BCUT2D eigenvalue weighted by atomic mass is 9.97. The van der Waals surface area contributed by atoms with Crippen molar-refractivity contribution < 1.29 is 18.7 Å². The smallest absolute Gasteiger partial charge is 0.313 e. The second-order valence-electron chi connectivity index (χ2n) is 7.94. The Morgan fingerprint density at radius 1 is 1.03 bits per heavy atom. The molecule has 0 heterocycles. The van der Waals surface area contributed by atoms with Crippen LogP contribution < -0.4 is 0 Å². The van der Waals surface area contributed by atoms with Gasteiger partial charge < -0.3 is 9.47 Å². The first kappa shape index (κ1) is 24.5. The Morgan fingerprint density at radius 2 is 1.77 bits per heavy atom. The summed E-state index contributed by atoms with van der Waals surface area (Å²) in [5.41, 5.74) is 4.53. The summed E-state index contributed by atoms with van der Waals surface area (Å²) in [7, 11) is 0. The highest BCUT2D eigenvalue weighted by Gasteiger charge is 2.18. The Bertz CT molecular complexity index is 896. The molecular formula is C27H33FO3. The zero-order valence-corrected chi connectivity index (χ0v) is 19.0. The Labute approximate surface area is 185 Å². The number of carbonyl (C=O) groups excluding carboxylic acids is 1. The third-order valence-corrected chi connectivity index (χ3v) is 5.04. The van der Waals surface area contributed by atoms with E-state index < -0.39 is 5.92 Å². The van der Waals surface area contributed by atoms with Crippen LogP contribution in [0.5, 0.6) is 0 Å². The van der Waals surface area contributed by atoms with E-state index in [-0.39, 0.29) is 18.4 Å². The van der Waals surface area contributed by atoms with Gasteiger partial charge in [0.25, 0.3) is 0 Å². The molecule has 1 atom stereocenters. The molecule has 1 unspecified atom stereocenters. The van der Waals surface area contributed by atoms with Gasteiger partial charge in [-0.1, -0.05) is 65.8 Å². The molecule has 0 aliphatic rings. The van der Waals surface area contributed by atoms with Crippen LogP contribution in [0.3, 0.4) is 0 Å². The van der Waals surface area contributed by atoms with Crippen LogP contribution in [-0.4, -0.2) is 25.8 Å². The minimum atomic E-state index is -0.545. The molecule has 0 bridgehead atoms. The van der Waals surface area contributed by atoms with E-state index in [1.165, 1.54) is 17.2 Å². The van der Waals surface area contributed by atoms with Crippen LogP contribution in [0.4, 0.5) is 4.39 Å². The minimum absolute atomic E-state index is 0.179. The predicted molar refractivity (Wildman–Crippen MR) is 124 cm³/mol. The fraction of sp³-hybridized carbons (Fsp3) is 0.370. The first-order chi connectivity index (χ1) is 14.9. The topological polar surface area (TPSA) is 35.5 Å². The summed E-state index contributed by atoms with van der Waals surface area (Å²) in [6, 6.07) is 14.2.